The highest BCUT2D eigenvalue weighted by Crippen LogP contribution is 2.46. The molecule has 0 saturated carbocycles. The third kappa shape index (κ3) is 7.62. The summed E-state index contributed by atoms with van der Waals surface area (Å²) in [7, 11) is -2.27. The Morgan fingerprint density at radius 3 is 2.50 bits per heavy atom. The van der Waals surface area contributed by atoms with Crippen molar-refractivity contribution in [2.24, 2.45) is 0 Å². The number of rotatable bonds is 4. The standard InChI is InChI=1S/C9H12ClN2O6PS.2CH4O/c10-6-3-12(9(13)11-8(6)20)7-2-1-5(18-7)4-17-19(14,15)16;2*1-2/h3,5,7,14-16H,1-2,4H2;2*2H,1H3/p+1. The van der Waals surface area contributed by atoms with Gasteiger partial charge in [-0.15, -0.1) is 0 Å². The van der Waals surface area contributed by atoms with Crippen LogP contribution in [0, 0.1) is 4.64 Å². The Hall–Kier alpha value is -0.460. The molecule has 140 valence electrons. The number of aromatic nitrogens is 2. The number of aromatic amines is 1. The second kappa shape index (κ2) is 11.2. The van der Waals surface area contributed by atoms with E-state index in [4.69, 9.17) is 53.4 Å². The van der Waals surface area contributed by atoms with Crippen molar-refractivity contribution in [2.45, 2.75) is 25.2 Å². The zero-order valence-electron chi connectivity index (χ0n) is 13.0. The molecule has 2 atom stereocenters. The Labute approximate surface area is 148 Å². The van der Waals surface area contributed by atoms with Crippen molar-refractivity contribution in [3.8, 4) is 0 Å². The lowest BCUT2D eigenvalue weighted by Gasteiger charge is -2.15. The minimum Gasteiger partial charge on any atom is -0.400 e. The Kier molecular flexibility index (Phi) is 11.0. The molecule has 24 heavy (non-hydrogen) atoms. The average molecular weight is 408 g/mol. The van der Waals surface area contributed by atoms with E-state index in [1.54, 1.807) is 0 Å². The molecule has 0 spiro atoms. The second-order valence-corrected chi connectivity index (χ2v) is 6.34. The van der Waals surface area contributed by atoms with Crippen molar-refractivity contribution in [3.05, 3.63) is 26.3 Å². The van der Waals surface area contributed by atoms with Crippen molar-refractivity contribution in [2.75, 3.05) is 20.8 Å². The topological polar surface area (TPSA) is 157 Å². The van der Waals surface area contributed by atoms with Crippen LogP contribution in [0.2, 0.25) is 5.02 Å². The Balaban J connectivity index is 0.00000123. The smallest absolute Gasteiger partial charge is 0.400 e. The number of H-pyrrole nitrogens is 1. The van der Waals surface area contributed by atoms with E-state index in [1.165, 1.54) is 10.8 Å². The van der Waals surface area contributed by atoms with Gasteiger partial charge in [-0.05, 0) is 12.8 Å². The van der Waals surface area contributed by atoms with Gasteiger partial charge in [-0.1, -0.05) is 23.8 Å². The van der Waals surface area contributed by atoms with Crippen LogP contribution in [0.4, 0.5) is 0 Å². The highest BCUT2D eigenvalue weighted by atomic mass is 35.5. The van der Waals surface area contributed by atoms with Crippen molar-refractivity contribution >= 4 is 32.0 Å². The van der Waals surface area contributed by atoms with E-state index in [-0.39, 0.29) is 16.3 Å². The first-order chi connectivity index (χ1) is 11.3. The van der Waals surface area contributed by atoms with Gasteiger partial charge in [0.15, 0.2) is 0 Å². The first kappa shape index (κ1) is 23.5. The molecule has 10 nitrogen and oxygen atoms in total. The third-order valence-corrected chi connectivity index (χ3v) is 3.97. The maximum atomic E-state index is 11.8. The fraction of sp³-hybridized carbons (Fsp3) is 0.636. The predicted molar refractivity (Wildman–Crippen MR) is 89.9 cm³/mol. The number of aliphatic hydroxyl groups is 2. The third-order valence-electron chi connectivity index (χ3n) is 2.75. The fourth-order valence-corrected chi connectivity index (χ4v) is 2.53. The van der Waals surface area contributed by atoms with Crippen LogP contribution in [0.15, 0.2) is 11.0 Å². The van der Waals surface area contributed by atoms with Gasteiger partial charge in [0.1, 0.15) is 17.5 Å². The number of halogens is 1. The summed E-state index contributed by atoms with van der Waals surface area (Å²) in [5, 5.41) is 14.2. The number of aliphatic hydroxyl groups excluding tert-OH is 2. The monoisotopic (exact) mass is 407 g/mol. The van der Waals surface area contributed by atoms with E-state index >= 15 is 0 Å². The molecular formula is C11H21ClN2O8PS+. The van der Waals surface area contributed by atoms with E-state index in [0.29, 0.717) is 12.8 Å². The molecule has 6 N–H and O–H groups in total. The largest absolute Gasteiger partial charge is 0.567 e. The molecule has 0 radical (unpaired) electrons. The van der Waals surface area contributed by atoms with Crippen LogP contribution in [-0.4, -0.2) is 61.4 Å². The maximum Gasteiger partial charge on any atom is 0.567 e. The molecule has 1 fully saturated rings. The van der Waals surface area contributed by atoms with Crippen molar-refractivity contribution in [1.29, 1.82) is 0 Å². The van der Waals surface area contributed by atoms with Crippen LogP contribution >= 0.6 is 32.0 Å². The lowest BCUT2D eigenvalue weighted by molar-refractivity contribution is -0.0271. The summed E-state index contributed by atoms with van der Waals surface area (Å²) in [5.41, 5.74) is -0.445. The van der Waals surface area contributed by atoms with Gasteiger partial charge in [0, 0.05) is 20.4 Å². The molecule has 13 heteroatoms. The summed E-state index contributed by atoms with van der Waals surface area (Å²) in [4.78, 5) is 40.4. The molecule has 0 aromatic carbocycles. The minimum absolute atomic E-state index is 0.154. The van der Waals surface area contributed by atoms with Crippen molar-refractivity contribution in [3.63, 3.8) is 0 Å². The molecule has 1 aliphatic heterocycles. The van der Waals surface area contributed by atoms with Crippen LogP contribution < -0.4 is 5.69 Å². The van der Waals surface area contributed by atoms with Crippen molar-refractivity contribution < 1.29 is 34.2 Å². The first-order valence-corrected chi connectivity index (χ1v) is 8.89. The van der Waals surface area contributed by atoms with Crippen LogP contribution in [0.25, 0.3) is 0 Å². The zero-order chi connectivity index (χ0) is 18.9. The van der Waals surface area contributed by atoms with E-state index in [1.807, 2.05) is 0 Å². The van der Waals surface area contributed by atoms with Gasteiger partial charge in [0.05, 0.1) is 11.1 Å². The quantitative estimate of drug-likeness (QED) is 0.301. The van der Waals surface area contributed by atoms with Crippen LogP contribution in [0.1, 0.15) is 19.1 Å². The van der Waals surface area contributed by atoms with E-state index in [0.717, 1.165) is 14.2 Å². The van der Waals surface area contributed by atoms with Crippen LogP contribution in [0.5, 0.6) is 0 Å². The number of hydrogen-bond acceptors (Lipinski definition) is 9. The molecule has 1 aromatic rings. The van der Waals surface area contributed by atoms with Gasteiger partial charge in [-0.25, -0.2) is 4.79 Å². The summed E-state index contributed by atoms with van der Waals surface area (Å²) in [6.45, 7) is -0.181. The van der Waals surface area contributed by atoms with Gasteiger partial charge in [-0.3, -0.25) is 9.55 Å². The van der Waals surface area contributed by atoms with Crippen LogP contribution in [-0.2, 0) is 9.26 Å². The van der Waals surface area contributed by atoms with Gasteiger partial charge >= 0.3 is 13.9 Å². The molecule has 2 rings (SSSR count). The van der Waals surface area contributed by atoms with Gasteiger partial charge in [0.25, 0.3) is 0 Å². The van der Waals surface area contributed by atoms with Crippen LogP contribution in [0.3, 0.4) is 0 Å². The highest BCUT2D eigenvalue weighted by Gasteiger charge is 2.37. The summed E-state index contributed by atoms with van der Waals surface area (Å²) in [5.74, 6) is 0. The number of ether oxygens (including phenoxy) is 1. The second-order valence-electron chi connectivity index (χ2n) is 4.24. The Morgan fingerprint density at radius 1 is 1.38 bits per heavy atom. The SMILES string of the molecule is CO.CO.O=c1[nH]c(=S)c(Cl)cn1C1CCC(CO[P+](O)(O)O)O1. The molecule has 0 amide bonds. The fourth-order valence-electron chi connectivity index (χ4n) is 1.87. The van der Waals surface area contributed by atoms with Gasteiger partial charge < -0.3 is 14.9 Å². The molecule has 1 aromatic heterocycles. The average Bonchev–Trinajstić information content (AvgIpc) is 3.01. The molecule has 0 aliphatic carbocycles. The number of nitrogens with zero attached hydrogens (tertiary/aromatic N) is 1. The Bertz CT molecular complexity index is 605. The van der Waals surface area contributed by atoms with E-state index in [9.17, 15) is 4.79 Å². The lowest BCUT2D eigenvalue weighted by Crippen LogP contribution is -2.27. The zero-order valence-corrected chi connectivity index (χ0v) is 15.5. The normalized spacial score (nSPS) is 19.8. The minimum atomic E-state index is -4.27. The molecule has 1 saturated heterocycles. The van der Waals surface area contributed by atoms with Gasteiger partial charge in [-0.2, -0.15) is 19.2 Å². The molecular weight excluding hydrogens is 387 g/mol. The Morgan fingerprint density at radius 2 is 1.96 bits per heavy atom. The molecule has 0 bridgehead atoms. The summed E-state index contributed by atoms with van der Waals surface area (Å²) in [6, 6.07) is 0. The highest BCUT2D eigenvalue weighted by molar-refractivity contribution is 7.71. The van der Waals surface area contributed by atoms with Gasteiger partial charge in [0.2, 0.25) is 0 Å². The van der Waals surface area contributed by atoms with E-state index in [2.05, 4.69) is 9.51 Å². The molecule has 1 aliphatic rings. The lowest BCUT2D eigenvalue weighted by atomic mass is 10.2. The number of hydrogen-bond donors (Lipinski definition) is 6. The first-order valence-electron chi connectivity index (χ1n) is 6.54. The summed E-state index contributed by atoms with van der Waals surface area (Å²) in [6.07, 6.45) is 1.43. The summed E-state index contributed by atoms with van der Waals surface area (Å²) < 4.78 is 11.4. The predicted octanol–water partition coefficient (Wildman–Crippen LogP) is 0.125. The summed E-state index contributed by atoms with van der Waals surface area (Å²) >= 11 is 10.7. The number of nitrogens with one attached hydrogen (secondary N) is 1. The van der Waals surface area contributed by atoms with E-state index < -0.39 is 26.2 Å². The molecule has 2 heterocycles. The molecule has 2 unspecified atom stereocenters. The maximum absolute atomic E-state index is 11.8. The van der Waals surface area contributed by atoms with Crippen molar-refractivity contribution in [1.82, 2.24) is 9.55 Å².